The van der Waals surface area contributed by atoms with Gasteiger partial charge < -0.3 is 10.2 Å². The fourth-order valence-electron chi connectivity index (χ4n) is 5.38. The predicted molar refractivity (Wildman–Crippen MR) is 95.4 cm³/mol. The molecular weight excluding hydrogens is 300 g/mol. The van der Waals surface area contributed by atoms with Gasteiger partial charge in [0.1, 0.15) is 0 Å². The fraction of sp³-hybridized carbons (Fsp3) is 0.900. The standard InChI is InChI=1S/C20H34N2O2/c1-15(2)21-17(23)16-13-22(14-20(16)11-7-8-12-20)18(24)19(3)9-5-4-6-10-19/h15-16H,4-14H2,1-3H3,(H,21,23). The second kappa shape index (κ2) is 6.68. The normalized spacial score (nSPS) is 28.5. The van der Waals surface area contributed by atoms with Crippen LogP contribution in [-0.2, 0) is 9.59 Å². The van der Waals surface area contributed by atoms with Crippen LogP contribution in [-0.4, -0.2) is 35.8 Å². The number of likely N-dealkylation sites (tertiary alicyclic amines) is 1. The highest BCUT2D eigenvalue weighted by atomic mass is 16.2. The zero-order valence-corrected chi connectivity index (χ0v) is 15.7. The van der Waals surface area contributed by atoms with Crippen LogP contribution in [0.3, 0.4) is 0 Å². The molecule has 2 saturated carbocycles. The lowest BCUT2D eigenvalue weighted by Crippen LogP contribution is -2.43. The largest absolute Gasteiger partial charge is 0.354 e. The minimum Gasteiger partial charge on any atom is -0.354 e. The molecule has 1 saturated heterocycles. The van der Waals surface area contributed by atoms with Crippen molar-refractivity contribution in [2.45, 2.75) is 84.6 Å². The monoisotopic (exact) mass is 334 g/mol. The van der Waals surface area contributed by atoms with Crippen LogP contribution < -0.4 is 5.32 Å². The Kier molecular flexibility index (Phi) is 4.94. The van der Waals surface area contributed by atoms with Gasteiger partial charge in [-0.25, -0.2) is 0 Å². The smallest absolute Gasteiger partial charge is 0.228 e. The molecule has 0 aromatic rings. The predicted octanol–water partition coefficient (Wildman–Crippen LogP) is 3.50. The third kappa shape index (κ3) is 3.21. The van der Waals surface area contributed by atoms with Crippen LogP contribution in [0.2, 0.25) is 0 Å². The van der Waals surface area contributed by atoms with Crippen LogP contribution >= 0.6 is 0 Å². The Bertz CT molecular complexity index is 488. The molecule has 2 amide bonds. The molecule has 0 radical (unpaired) electrons. The summed E-state index contributed by atoms with van der Waals surface area (Å²) in [6.45, 7) is 7.61. The second-order valence-electron chi connectivity index (χ2n) is 9.09. The molecule has 3 fully saturated rings. The molecule has 1 spiro atoms. The molecule has 4 nitrogen and oxygen atoms in total. The first kappa shape index (κ1) is 17.8. The lowest BCUT2D eigenvalue weighted by molar-refractivity contribution is -0.142. The van der Waals surface area contributed by atoms with Gasteiger partial charge in [0.2, 0.25) is 11.8 Å². The number of carbonyl (C=O) groups is 2. The molecule has 0 bridgehead atoms. The minimum atomic E-state index is -0.193. The fourth-order valence-corrected chi connectivity index (χ4v) is 5.38. The van der Waals surface area contributed by atoms with Gasteiger partial charge in [-0.05, 0) is 39.5 Å². The van der Waals surface area contributed by atoms with Crippen molar-refractivity contribution in [1.82, 2.24) is 10.2 Å². The van der Waals surface area contributed by atoms with E-state index in [1.165, 1.54) is 32.1 Å². The van der Waals surface area contributed by atoms with E-state index in [0.29, 0.717) is 12.5 Å². The second-order valence-corrected chi connectivity index (χ2v) is 9.09. The summed E-state index contributed by atoms with van der Waals surface area (Å²) in [6.07, 6.45) is 10.2. The number of hydrogen-bond acceptors (Lipinski definition) is 2. The zero-order valence-electron chi connectivity index (χ0n) is 15.7. The maximum Gasteiger partial charge on any atom is 0.228 e. The van der Waals surface area contributed by atoms with Crippen LogP contribution in [0.4, 0.5) is 0 Å². The van der Waals surface area contributed by atoms with Gasteiger partial charge in [-0.1, -0.05) is 39.0 Å². The third-order valence-electron chi connectivity index (χ3n) is 6.76. The van der Waals surface area contributed by atoms with Crippen molar-refractivity contribution in [2.24, 2.45) is 16.7 Å². The highest BCUT2D eigenvalue weighted by Crippen LogP contribution is 2.50. The zero-order chi connectivity index (χ0) is 17.4. The molecule has 2 aliphatic carbocycles. The summed E-state index contributed by atoms with van der Waals surface area (Å²) < 4.78 is 0. The van der Waals surface area contributed by atoms with Crippen LogP contribution in [0.1, 0.15) is 78.6 Å². The van der Waals surface area contributed by atoms with Gasteiger partial charge >= 0.3 is 0 Å². The third-order valence-corrected chi connectivity index (χ3v) is 6.76. The number of carbonyl (C=O) groups excluding carboxylic acids is 2. The summed E-state index contributed by atoms with van der Waals surface area (Å²) in [5.74, 6) is 0.461. The van der Waals surface area contributed by atoms with E-state index in [-0.39, 0.29) is 28.7 Å². The number of nitrogens with one attached hydrogen (secondary N) is 1. The van der Waals surface area contributed by atoms with E-state index in [0.717, 1.165) is 32.2 Å². The SMILES string of the molecule is CC(C)NC(=O)C1CN(C(=O)C2(C)CCCCC2)CC12CCCC2. The molecule has 1 aliphatic heterocycles. The number of nitrogens with zero attached hydrogens (tertiary/aromatic N) is 1. The molecule has 1 N–H and O–H groups in total. The number of amides is 2. The number of rotatable bonds is 3. The molecule has 3 aliphatic rings. The van der Waals surface area contributed by atoms with Crippen LogP contribution in [0.5, 0.6) is 0 Å². The molecule has 1 unspecified atom stereocenters. The first-order valence-corrected chi connectivity index (χ1v) is 9.96. The average Bonchev–Trinajstić information content (AvgIpc) is 3.15. The van der Waals surface area contributed by atoms with Crippen molar-refractivity contribution in [2.75, 3.05) is 13.1 Å². The molecule has 0 aromatic heterocycles. The Balaban J connectivity index is 1.77. The maximum atomic E-state index is 13.2. The molecule has 3 rings (SSSR count). The molecule has 1 atom stereocenters. The Hall–Kier alpha value is -1.06. The summed E-state index contributed by atoms with van der Waals surface area (Å²) in [7, 11) is 0. The Morgan fingerprint density at radius 2 is 1.58 bits per heavy atom. The van der Waals surface area contributed by atoms with E-state index in [4.69, 9.17) is 0 Å². The van der Waals surface area contributed by atoms with Gasteiger partial charge in [0.25, 0.3) is 0 Å². The van der Waals surface area contributed by atoms with E-state index in [1.807, 2.05) is 13.8 Å². The average molecular weight is 335 g/mol. The van der Waals surface area contributed by atoms with E-state index >= 15 is 0 Å². The summed E-state index contributed by atoms with van der Waals surface area (Å²) in [5, 5.41) is 3.11. The van der Waals surface area contributed by atoms with Gasteiger partial charge in [-0.15, -0.1) is 0 Å². The van der Waals surface area contributed by atoms with Crippen LogP contribution in [0.25, 0.3) is 0 Å². The van der Waals surface area contributed by atoms with E-state index in [2.05, 4.69) is 17.1 Å². The summed E-state index contributed by atoms with van der Waals surface area (Å²) in [4.78, 5) is 28.1. The van der Waals surface area contributed by atoms with Crippen molar-refractivity contribution in [1.29, 1.82) is 0 Å². The van der Waals surface area contributed by atoms with Gasteiger partial charge in [0.15, 0.2) is 0 Å². The topological polar surface area (TPSA) is 49.4 Å². The van der Waals surface area contributed by atoms with Crippen molar-refractivity contribution < 1.29 is 9.59 Å². The molecule has 4 heteroatoms. The first-order valence-electron chi connectivity index (χ1n) is 9.96. The summed E-state index contributed by atoms with van der Waals surface area (Å²) in [6, 6.07) is 0.163. The van der Waals surface area contributed by atoms with Crippen molar-refractivity contribution in [3.63, 3.8) is 0 Å². The van der Waals surface area contributed by atoms with Crippen LogP contribution in [0.15, 0.2) is 0 Å². The first-order chi connectivity index (χ1) is 11.4. The van der Waals surface area contributed by atoms with Gasteiger partial charge in [0.05, 0.1) is 5.92 Å². The molecule has 24 heavy (non-hydrogen) atoms. The molecule has 0 aromatic carbocycles. The highest BCUT2D eigenvalue weighted by molar-refractivity contribution is 5.86. The van der Waals surface area contributed by atoms with Crippen molar-refractivity contribution >= 4 is 11.8 Å². The molecule has 1 heterocycles. The quantitative estimate of drug-likeness (QED) is 0.859. The summed E-state index contributed by atoms with van der Waals surface area (Å²) in [5.41, 5.74) is -0.152. The molecular formula is C20H34N2O2. The maximum absolute atomic E-state index is 13.2. The lowest BCUT2D eigenvalue weighted by Gasteiger charge is -2.36. The molecule has 136 valence electrons. The van der Waals surface area contributed by atoms with Crippen molar-refractivity contribution in [3.05, 3.63) is 0 Å². The Labute approximate surface area is 146 Å². The van der Waals surface area contributed by atoms with E-state index in [1.54, 1.807) is 0 Å². The van der Waals surface area contributed by atoms with E-state index < -0.39 is 0 Å². The Morgan fingerprint density at radius 1 is 1.00 bits per heavy atom. The lowest BCUT2D eigenvalue weighted by atomic mass is 9.74. The number of hydrogen-bond donors (Lipinski definition) is 1. The Morgan fingerprint density at radius 3 is 2.17 bits per heavy atom. The highest BCUT2D eigenvalue weighted by Gasteiger charge is 2.54. The van der Waals surface area contributed by atoms with E-state index in [9.17, 15) is 9.59 Å². The van der Waals surface area contributed by atoms with Crippen LogP contribution in [0, 0.1) is 16.7 Å². The van der Waals surface area contributed by atoms with Gasteiger partial charge in [0, 0.05) is 30.0 Å². The van der Waals surface area contributed by atoms with Gasteiger partial charge in [-0.2, -0.15) is 0 Å². The summed E-state index contributed by atoms with van der Waals surface area (Å²) >= 11 is 0. The minimum absolute atomic E-state index is 0.0152. The van der Waals surface area contributed by atoms with Crippen molar-refractivity contribution in [3.8, 4) is 0 Å². The van der Waals surface area contributed by atoms with Gasteiger partial charge in [-0.3, -0.25) is 9.59 Å².